The number of halogens is 2. The van der Waals surface area contributed by atoms with Crippen LogP contribution in [0, 0.1) is 12.7 Å². The van der Waals surface area contributed by atoms with E-state index in [1.54, 1.807) is 18.2 Å². The molecule has 0 aliphatic rings. The van der Waals surface area contributed by atoms with Gasteiger partial charge >= 0.3 is 0 Å². The SMILES string of the molecule is Cc1ccc(F)cc1Oc1ccc(Cl)cc1CCN. The van der Waals surface area contributed by atoms with Crippen molar-refractivity contribution in [2.45, 2.75) is 13.3 Å². The molecule has 0 unspecified atom stereocenters. The molecule has 0 heterocycles. The number of rotatable bonds is 4. The first-order chi connectivity index (χ1) is 9.10. The summed E-state index contributed by atoms with van der Waals surface area (Å²) in [7, 11) is 0. The lowest BCUT2D eigenvalue weighted by atomic mass is 10.1. The van der Waals surface area contributed by atoms with Crippen LogP contribution in [0.25, 0.3) is 0 Å². The quantitative estimate of drug-likeness (QED) is 0.915. The predicted molar refractivity (Wildman–Crippen MR) is 75.4 cm³/mol. The van der Waals surface area contributed by atoms with Crippen molar-refractivity contribution in [3.05, 3.63) is 58.4 Å². The molecular formula is C15H15ClFNO. The monoisotopic (exact) mass is 279 g/mol. The second-order valence-corrected chi connectivity index (χ2v) is 4.74. The Morgan fingerprint density at radius 1 is 1.16 bits per heavy atom. The molecule has 19 heavy (non-hydrogen) atoms. The lowest BCUT2D eigenvalue weighted by molar-refractivity contribution is 0.467. The van der Waals surface area contributed by atoms with Gasteiger partial charge in [-0.1, -0.05) is 17.7 Å². The van der Waals surface area contributed by atoms with E-state index in [-0.39, 0.29) is 5.82 Å². The molecule has 2 aromatic carbocycles. The lowest BCUT2D eigenvalue weighted by Crippen LogP contribution is -2.04. The van der Waals surface area contributed by atoms with Crippen molar-refractivity contribution in [3.63, 3.8) is 0 Å². The summed E-state index contributed by atoms with van der Waals surface area (Å²) in [5.41, 5.74) is 7.35. The van der Waals surface area contributed by atoms with E-state index in [9.17, 15) is 4.39 Å². The summed E-state index contributed by atoms with van der Waals surface area (Å²) in [5.74, 6) is 0.832. The van der Waals surface area contributed by atoms with E-state index in [0.29, 0.717) is 29.5 Å². The van der Waals surface area contributed by atoms with Gasteiger partial charge in [-0.3, -0.25) is 0 Å². The molecule has 2 rings (SSSR count). The summed E-state index contributed by atoms with van der Waals surface area (Å²) in [6.45, 7) is 2.37. The maximum Gasteiger partial charge on any atom is 0.133 e. The molecule has 0 aliphatic heterocycles. The average molecular weight is 280 g/mol. The highest BCUT2D eigenvalue weighted by Gasteiger charge is 2.08. The topological polar surface area (TPSA) is 35.2 Å². The van der Waals surface area contributed by atoms with Crippen molar-refractivity contribution in [1.29, 1.82) is 0 Å². The third-order valence-electron chi connectivity index (χ3n) is 2.81. The largest absolute Gasteiger partial charge is 0.457 e. The van der Waals surface area contributed by atoms with Crippen LogP contribution < -0.4 is 10.5 Å². The first-order valence-electron chi connectivity index (χ1n) is 6.02. The third kappa shape index (κ3) is 3.46. The van der Waals surface area contributed by atoms with Crippen LogP contribution in [0.5, 0.6) is 11.5 Å². The first kappa shape index (κ1) is 13.8. The maximum absolute atomic E-state index is 13.2. The molecule has 0 radical (unpaired) electrons. The first-order valence-corrected chi connectivity index (χ1v) is 6.40. The Balaban J connectivity index is 2.34. The van der Waals surface area contributed by atoms with Gasteiger partial charge in [0.25, 0.3) is 0 Å². The summed E-state index contributed by atoms with van der Waals surface area (Å²) in [6, 6.07) is 9.80. The van der Waals surface area contributed by atoms with E-state index >= 15 is 0 Å². The van der Waals surface area contributed by atoms with Crippen molar-refractivity contribution in [1.82, 2.24) is 0 Å². The summed E-state index contributed by atoms with van der Waals surface area (Å²) in [5, 5.41) is 0.631. The zero-order chi connectivity index (χ0) is 13.8. The fourth-order valence-corrected chi connectivity index (χ4v) is 2.00. The minimum atomic E-state index is -0.324. The highest BCUT2D eigenvalue weighted by atomic mass is 35.5. The van der Waals surface area contributed by atoms with Gasteiger partial charge in [0.05, 0.1) is 0 Å². The Kier molecular flexibility index (Phi) is 4.40. The zero-order valence-corrected chi connectivity index (χ0v) is 11.4. The van der Waals surface area contributed by atoms with E-state index in [1.165, 1.54) is 12.1 Å². The lowest BCUT2D eigenvalue weighted by Gasteiger charge is -2.13. The van der Waals surface area contributed by atoms with Crippen molar-refractivity contribution < 1.29 is 9.13 Å². The molecule has 0 saturated heterocycles. The van der Waals surface area contributed by atoms with Gasteiger partial charge < -0.3 is 10.5 Å². The molecular weight excluding hydrogens is 265 g/mol. The minimum Gasteiger partial charge on any atom is -0.457 e. The molecule has 0 amide bonds. The van der Waals surface area contributed by atoms with E-state index in [2.05, 4.69) is 0 Å². The number of aryl methyl sites for hydroxylation is 1. The fraction of sp³-hybridized carbons (Fsp3) is 0.200. The van der Waals surface area contributed by atoms with Crippen LogP contribution in [-0.4, -0.2) is 6.54 Å². The Labute approximate surface area is 117 Å². The highest BCUT2D eigenvalue weighted by molar-refractivity contribution is 6.30. The number of nitrogens with two attached hydrogens (primary N) is 1. The second-order valence-electron chi connectivity index (χ2n) is 4.30. The smallest absolute Gasteiger partial charge is 0.133 e. The van der Waals surface area contributed by atoms with Gasteiger partial charge in [0.1, 0.15) is 17.3 Å². The molecule has 4 heteroatoms. The Bertz CT molecular complexity index is 586. The zero-order valence-electron chi connectivity index (χ0n) is 10.6. The summed E-state index contributed by atoms with van der Waals surface area (Å²) in [6.07, 6.45) is 0.657. The van der Waals surface area contributed by atoms with Gasteiger partial charge in [0.15, 0.2) is 0 Å². The highest BCUT2D eigenvalue weighted by Crippen LogP contribution is 2.30. The number of ether oxygens (including phenoxy) is 1. The van der Waals surface area contributed by atoms with Crippen LogP contribution >= 0.6 is 11.6 Å². The van der Waals surface area contributed by atoms with Gasteiger partial charge in [0.2, 0.25) is 0 Å². The van der Waals surface area contributed by atoms with Crippen molar-refractivity contribution in [2.75, 3.05) is 6.54 Å². The fourth-order valence-electron chi connectivity index (χ4n) is 1.80. The van der Waals surface area contributed by atoms with Crippen LogP contribution in [0.2, 0.25) is 5.02 Å². The minimum absolute atomic E-state index is 0.324. The molecule has 0 aromatic heterocycles. The summed E-state index contributed by atoms with van der Waals surface area (Å²) in [4.78, 5) is 0. The van der Waals surface area contributed by atoms with Gasteiger partial charge in [-0.15, -0.1) is 0 Å². The number of hydrogen-bond donors (Lipinski definition) is 1. The third-order valence-corrected chi connectivity index (χ3v) is 3.04. The molecule has 2 N–H and O–H groups in total. The maximum atomic E-state index is 13.2. The molecule has 100 valence electrons. The van der Waals surface area contributed by atoms with E-state index < -0.39 is 0 Å². The Hall–Kier alpha value is -1.58. The van der Waals surface area contributed by atoms with E-state index in [4.69, 9.17) is 22.1 Å². The van der Waals surface area contributed by atoms with Crippen molar-refractivity contribution >= 4 is 11.6 Å². The molecule has 2 aromatic rings. The Morgan fingerprint density at radius 3 is 2.68 bits per heavy atom. The molecule has 0 aliphatic carbocycles. The van der Waals surface area contributed by atoms with Crippen LogP contribution in [0.4, 0.5) is 4.39 Å². The standard InChI is InChI=1S/C15H15ClFNO/c1-10-2-4-13(17)9-15(10)19-14-5-3-12(16)8-11(14)6-7-18/h2-5,8-9H,6-7,18H2,1H3. The number of benzene rings is 2. The predicted octanol–water partition coefficient (Wildman–Crippen LogP) is 4.08. The van der Waals surface area contributed by atoms with Crippen LogP contribution in [0.15, 0.2) is 36.4 Å². The second kappa shape index (κ2) is 6.04. The average Bonchev–Trinajstić information content (AvgIpc) is 2.37. The molecule has 0 saturated carbocycles. The normalized spacial score (nSPS) is 10.5. The summed E-state index contributed by atoms with van der Waals surface area (Å²) < 4.78 is 19.0. The van der Waals surface area contributed by atoms with Gasteiger partial charge in [0, 0.05) is 11.1 Å². The molecule has 0 bridgehead atoms. The van der Waals surface area contributed by atoms with Crippen LogP contribution in [-0.2, 0) is 6.42 Å². The van der Waals surface area contributed by atoms with Gasteiger partial charge in [-0.2, -0.15) is 0 Å². The van der Waals surface area contributed by atoms with Crippen LogP contribution in [0.1, 0.15) is 11.1 Å². The van der Waals surface area contributed by atoms with Gasteiger partial charge in [-0.25, -0.2) is 4.39 Å². The summed E-state index contributed by atoms with van der Waals surface area (Å²) >= 11 is 5.96. The van der Waals surface area contributed by atoms with Gasteiger partial charge in [-0.05, 0) is 55.3 Å². The van der Waals surface area contributed by atoms with E-state index in [1.807, 2.05) is 13.0 Å². The Morgan fingerprint density at radius 2 is 1.95 bits per heavy atom. The molecule has 2 nitrogen and oxygen atoms in total. The molecule has 0 fully saturated rings. The van der Waals surface area contributed by atoms with Crippen molar-refractivity contribution in [3.8, 4) is 11.5 Å². The molecule has 0 spiro atoms. The van der Waals surface area contributed by atoms with Crippen LogP contribution in [0.3, 0.4) is 0 Å². The van der Waals surface area contributed by atoms with E-state index in [0.717, 1.165) is 11.1 Å². The van der Waals surface area contributed by atoms with Crippen molar-refractivity contribution in [2.24, 2.45) is 5.73 Å². The molecule has 0 atom stereocenters. The number of hydrogen-bond acceptors (Lipinski definition) is 2.